The minimum absolute atomic E-state index is 0. The van der Waals surface area contributed by atoms with Gasteiger partial charge in [0, 0.05) is 13.1 Å². The lowest BCUT2D eigenvalue weighted by atomic mass is 9.96. The molecule has 7 heteroatoms. The zero-order valence-corrected chi connectivity index (χ0v) is 16.1. The van der Waals surface area contributed by atoms with E-state index < -0.39 is 5.60 Å². The normalized spacial score (nSPS) is 20.9. The van der Waals surface area contributed by atoms with E-state index in [0.29, 0.717) is 25.1 Å². The van der Waals surface area contributed by atoms with Gasteiger partial charge in [0.05, 0.1) is 12.1 Å². The van der Waals surface area contributed by atoms with Gasteiger partial charge in [0.25, 0.3) is 0 Å². The van der Waals surface area contributed by atoms with Crippen molar-refractivity contribution in [2.75, 3.05) is 13.1 Å². The van der Waals surface area contributed by atoms with Crippen LogP contribution in [0.15, 0.2) is 4.99 Å². The summed E-state index contributed by atoms with van der Waals surface area (Å²) in [4.78, 5) is 18.0. The molecule has 1 amide bonds. The molecular weight excluding hydrogens is 395 g/mol. The minimum atomic E-state index is -0.447. The van der Waals surface area contributed by atoms with Gasteiger partial charge in [-0.1, -0.05) is 19.3 Å². The lowest BCUT2D eigenvalue weighted by Gasteiger charge is -2.40. The fourth-order valence-corrected chi connectivity index (χ4v) is 2.70. The minimum Gasteiger partial charge on any atom is -0.444 e. The van der Waals surface area contributed by atoms with Crippen molar-refractivity contribution in [2.24, 2.45) is 10.7 Å². The van der Waals surface area contributed by atoms with Gasteiger partial charge in [0.15, 0.2) is 5.96 Å². The van der Waals surface area contributed by atoms with Gasteiger partial charge in [-0.2, -0.15) is 0 Å². The topological polar surface area (TPSA) is 80.0 Å². The molecule has 0 aromatic carbocycles. The highest BCUT2D eigenvalue weighted by Crippen LogP contribution is 2.20. The first-order valence-corrected chi connectivity index (χ1v) is 7.91. The fourth-order valence-electron chi connectivity index (χ4n) is 2.70. The largest absolute Gasteiger partial charge is 0.444 e. The van der Waals surface area contributed by atoms with Gasteiger partial charge >= 0.3 is 6.09 Å². The van der Waals surface area contributed by atoms with Gasteiger partial charge in [-0.3, -0.25) is 4.99 Å². The van der Waals surface area contributed by atoms with E-state index in [2.05, 4.69) is 10.3 Å². The average molecular weight is 424 g/mol. The Morgan fingerprint density at radius 1 is 1.23 bits per heavy atom. The Morgan fingerprint density at radius 2 is 1.82 bits per heavy atom. The SMILES string of the molecule is CC(C)(C)OC(=O)N1CC(NC(N)=NC2CCCCC2)C1.I. The molecule has 22 heavy (non-hydrogen) atoms. The second-order valence-electron chi connectivity index (χ2n) is 7.03. The Labute approximate surface area is 150 Å². The van der Waals surface area contributed by atoms with Gasteiger partial charge in [-0.15, -0.1) is 24.0 Å². The molecule has 1 aliphatic carbocycles. The van der Waals surface area contributed by atoms with Crippen molar-refractivity contribution in [1.29, 1.82) is 0 Å². The van der Waals surface area contributed by atoms with Crippen molar-refractivity contribution in [3.8, 4) is 0 Å². The predicted molar refractivity (Wildman–Crippen MR) is 98.6 cm³/mol. The Balaban J connectivity index is 0.00000242. The molecule has 0 bridgehead atoms. The summed E-state index contributed by atoms with van der Waals surface area (Å²) in [5, 5.41) is 3.19. The Bertz CT molecular complexity index is 397. The molecule has 3 N–H and O–H groups in total. The first-order chi connectivity index (χ1) is 9.83. The molecule has 0 unspecified atom stereocenters. The number of aliphatic imine (C=N–C) groups is 1. The number of halogens is 1. The second kappa shape index (κ2) is 8.21. The second-order valence-corrected chi connectivity index (χ2v) is 7.03. The van der Waals surface area contributed by atoms with Crippen LogP contribution < -0.4 is 11.1 Å². The molecular formula is C15H29IN4O2. The molecule has 1 heterocycles. The van der Waals surface area contributed by atoms with Crippen LogP contribution in [0, 0.1) is 0 Å². The number of likely N-dealkylation sites (tertiary alicyclic amines) is 1. The molecule has 0 aromatic heterocycles. The first-order valence-electron chi connectivity index (χ1n) is 7.91. The van der Waals surface area contributed by atoms with Crippen LogP contribution in [-0.2, 0) is 4.74 Å². The summed E-state index contributed by atoms with van der Waals surface area (Å²) in [6, 6.07) is 0.554. The molecule has 0 radical (unpaired) electrons. The highest BCUT2D eigenvalue weighted by atomic mass is 127. The summed E-state index contributed by atoms with van der Waals surface area (Å²) in [7, 11) is 0. The number of nitrogens with one attached hydrogen (secondary N) is 1. The van der Waals surface area contributed by atoms with Crippen LogP contribution in [-0.4, -0.2) is 47.7 Å². The third kappa shape index (κ3) is 6.18. The van der Waals surface area contributed by atoms with Crippen LogP contribution in [0.2, 0.25) is 0 Å². The van der Waals surface area contributed by atoms with Crippen molar-refractivity contribution >= 4 is 36.0 Å². The summed E-state index contributed by atoms with van der Waals surface area (Å²) in [6.45, 7) is 6.85. The van der Waals surface area contributed by atoms with Crippen LogP contribution in [0.4, 0.5) is 4.79 Å². The summed E-state index contributed by atoms with van der Waals surface area (Å²) in [6.07, 6.45) is 5.82. The monoisotopic (exact) mass is 424 g/mol. The number of hydrogen-bond acceptors (Lipinski definition) is 3. The van der Waals surface area contributed by atoms with Gasteiger partial charge in [-0.05, 0) is 33.6 Å². The molecule has 128 valence electrons. The van der Waals surface area contributed by atoms with Gasteiger partial charge < -0.3 is 20.7 Å². The van der Waals surface area contributed by atoms with Gasteiger partial charge in [-0.25, -0.2) is 4.79 Å². The van der Waals surface area contributed by atoms with E-state index >= 15 is 0 Å². The Morgan fingerprint density at radius 3 is 2.36 bits per heavy atom. The molecule has 1 saturated heterocycles. The van der Waals surface area contributed by atoms with Crippen molar-refractivity contribution in [2.45, 2.75) is 70.6 Å². The molecule has 0 spiro atoms. The van der Waals surface area contributed by atoms with E-state index in [-0.39, 0.29) is 36.1 Å². The fraction of sp³-hybridized carbons (Fsp3) is 0.867. The molecule has 1 saturated carbocycles. The predicted octanol–water partition coefficient (Wildman–Crippen LogP) is 2.46. The van der Waals surface area contributed by atoms with Crippen LogP contribution >= 0.6 is 24.0 Å². The maximum absolute atomic E-state index is 11.8. The molecule has 2 aliphatic rings. The summed E-state index contributed by atoms with van der Waals surface area (Å²) in [5.74, 6) is 0.510. The number of nitrogens with two attached hydrogens (primary N) is 1. The van der Waals surface area contributed by atoms with Crippen molar-refractivity contribution in [3.63, 3.8) is 0 Å². The van der Waals surface area contributed by atoms with Crippen LogP contribution in [0.3, 0.4) is 0 Å². The van der Waals surface area contributed by atoms with Crippen LogP contribution in [0.5, 0.6) is 0 Å². The highest BCUT2D eigenvalue weighted by Gasteiger charge is 2.33. The zero-order chi connectivity index (χ0) is 15.5. The average Bonchev–Trinajstić information content (AvgIpc) is 2.32. The smallest absolute Gasteiger partial charge is 0.410 e. The van der Waals surface area contributed by atoms with Gasteiger partial charge in [0.2, 0.25) is 0 Å². The maximum Gasteiger partial charge on any atom is 0.410 e. The number of amides is 1. The van der Waals surface area contributed by atoms with E-state index in [0.717, 1.165) is 12.8 Å². The van der Waals surface area contributed by atoms with Crippen LogP contribution in [0.25, 0.3) is 0 Å². The van der Waals surface area contributed by atoms with E-state index in [9.17, 15) is 4.79 Å². The highest BCUT2D eigenvalue weighted by molar-refractivity contribution is 14.0. The quantitative estimate of drug-likeness (QED) is 0.406. The third-order valence-electron chi connectivity index (χ3n) is 3.78. The van der Waals surface area contributed by atoms with E-state index in [1.54, 1.807) is 4.90 Å². The summed E-state index contributed by atoms with van der Waals surface area (Å²) >= 11 is 0. The number of guanidine groups is 1. The molecule has 0 aromatic rings. The molecule has 0 atom stereocenters. The lowest BCUT2D eigenvalue weighted by Crippen LogP contribution is -2.62. The molecule has 6 nitrogen and oxygen atoms in total. The maximum atomic E-state index is 11.8. The Hall–Kier alpha value is -0.730. The number of nitrogens with zero attached hydrogens (tertiary/aromatic N) is 2. The third-order valence-corrected chi connectivity index (χ3v) is 3.78. The summed E-state index contributed by atoms with van der Waals surface area (Å²) in [5.41, 5.74) is 5.50. The lowest BCUT2D eigenvalue weighted by molar-refractivity contribution is 0.00705. The van der Waals surface area contributed by atoms with Crippen molar-refractivity contribution < 1.29 is 9.53 Å². The Kier molecular flexibility index (Phi) is 7.21. The zero-order valence-electron chi connectivity index (χ0n) is 13.8. The summed E-state index contributed by atoms with van der Waals surface area (Å²) < 4.78 is 5.31. The van der Waals surface area contributed by atoms with E-state index in [4.69, 9.17) is 10.5 Å². The van der Waals surface area contributed by atoms with Crippen molar-refractivity contribution in [3.05, 3.63) is 0 Å². The molecule has 2 rings (SSSR count). The van der Waals surface area contributed by atoms with Crippen LogP contribution in [0.1, 0.15) is 52.9 Å². The first kappa shape index (κ1) is 19.3. The molecule has 2 fully saturated rings. The number of hydrogen-bond donors (Lipinski definition) is 2. The number of carbonyl (C=O) groups excluding carboxylic acids is 1. The number of carbonyl (C=O) groups is 1. The van der Waals surface area contributed by atoms with Crippen molar-refractivity contribution in [1.82, 2.24) is 10.2 Å². The van der Waals surface area contributed by atoms with Gasteiger partial charge in [0.1, 0.15) is 5.60 Å². The van der Waals surface area contributed by atoms with E-state index in [1.165, 1.54) is 19.3 Å². The standard InChI is InChI=1S/C15H28N4O2.HI/c1-15(2,3)21-14(20)19-9-12(10-19)18-13(16)17-11-7-5-4-6-8-11;/h11-12H,4-10H2,1-3H3,(H3,16,17,18);1H. The molecule has 1 aliphatic heterocycles. The number of ether oxygens (including phenoxy) is 1. The van der Waals surface area contributed by atoms with E-state index in [1.807, 2.05) is 20.8 Å². The number of rotatable bonds is 2.